The minimum atomic E-state index is -0.384. The molecule has 1 aromatic rings. The maximum absolute atomic E-state index is 11.8. The SMILES string of the molecule is COC(=O)C(=C=NC1CCCCC1)c1ccccc1. The van der Waals surface area contributed by atoms with Crippen molar-refractivity contribution in [3.8, 4) is 0 Å². The predicted octanol–water partition coefficient (Wildman–Crippen LogP) is 3.25. The average Bonchev–Trinajstić information content (AvgIpc) is 2.49. The molecule has 1 aliphatic rings. The van der Waals surface area contributed by atoms with Gasteiger partial charge in [0.05, 0.1) is 13.2 Å². The Kier molecular flexibility index (Phi) is 4.93. The average molecular weight is 257 g/mol. The van der Waals surface area contributed by atoms with E-state index in [-0.39, 0.29) is 5.97 Å². The van der Waals surface area contributed by atoms with Crippen LogP contribution in [-0.2, 0) is 9.53 Å². The molecule has 0 N–H and O–H groups in total. The Morgan fingerprint density at radius 3 is 2.53 bits per heavy atom. The molecule has 3 nitrogen and oxygen atoms in total. The number of methoxy groups -OCH3 is 1. The Balaban J connectivity index is 2.27. The van der Waals surface area contributed by atoms with Crippen LogP contribution in [0.25, 0.3) is 5.57 Å². The number of hydrogen-bond donors (Lipinski definition) is 0. The Morgan fingerprint density at radius 2 is 1.89 bits per heavy atom. The van der Waals surface area contributed by atoms with Crippen molar-refractivity contribution in [3.05, 3.63) is 35.9 Å². The van der Waals surface area contributed by atoms with E-state index in [1.54, 1.807) is 0 Å². The maximum Gasteiger partial charge on any atom is 0.347 e. The summed E-state index contributed by atoms with van der Waals surface area (Å²) in [5.41, 5.74) is 1.21. The van der Waals surface area contributed by atoms with Crippen molar-refractivity contribution in [1.82, 2.24) is 0 Å². The quantitative estimate of drug-likeness (QED) is 0.473. The van der Waals surface area contributed by atoms with Gasteiger partial charge in [-0.1, -0.05) is 49.6 Å². The number of esters is 1. The van der Waals surface area contributed by atoms with Gasteiger partial charge in [-0.3, -0.25) is 0 Å². The molecule has 0 atom stereocenters. The molecule has 1 fully saturated rings. The smallest absolute Gasteiger partial charge is 0.347 e. The van der Waals surface area contributed by atoms with Crippen molar-refractivity contribution in [2.75, 3.05) is 7.11 Å². The summed E-state index contributed by atoms with van der Waals surface area (Å²) in [4.78, 5) is 16.2. The van der Waals surface area contributed by atoms with Gasteiger partial charge < -0.3 is 4.74 Å². The molecule has 0 heterocycles. The Morgan fingerprint density at radius 1 is 1.21 bits per heavy atom. The highest BCUT2D eigenvalue weighted by Crippen LogP contribution is 2.20. The zero-order valence-electron chi connectivity index (χ0n) is 11.3. The Labute approximate surface area is 114 Å². The van der Waals surface area contributed by atoms with Crippen molar-refractivity contribution in [3.63, 3.8) is 0 Å². The van der Waals surface area contributed by atoms with E-state index in [4.69, 9.17) is 4.74 Å². The summed E-state index contributed by atoms with van der Waals surface area (Å²) in [6.07, 6.45) is 5.91. The first kappa shape index (κ1) is 13.6. The first-order chi connectivity index (χ1) is 9.31. The highest BCUT2D eigenvalue weighted by Gasteiger charge is 2.14. The minimum Gasteiger partial charge on any atom is -0.465 e. The number of hydrogen-bond acceptors (Lipinski definition) is 3. The lowest BCUT2D eigenvalue weighted by Gasteiger charge is -2.15. The fourth-order valence-electron chi connectivity index (χ4n) is 2.30. The first-order valence-corrected chi connectivity index (χ1v) is 6.78. The zero-order valence-corrected chi connectivity index (χ0v) is 11.3. The van der Waals surface area contributed by atoms with Gasteiger partial charge >= 0.3 is 5.97 Å². The summed E-state index contributed by atoms with van der Waals surface area (Å²) in [6.45, 7) is 0. The first-order valence-electron chi connectivity index (χ1n) is 6.78. The van der Waals surface area contributed by atoms with E-state index in [1.165, 1.54) is 26.4 Å². The van der Waals surface area contributed by atoms with Crippen LogP contribution in [-0.4, -0.2) is 25.0 Å². The van der Waals surface area contributed by atoms with Crippen LogP contribution in [0.5, 0.6) is 0 Å². The Hall–Kier alpha value is -1.86. The topological polar surface area (TPSA) is 38.7 Å². The van der Waals surface area contributed by atoms with Crippen LogP contribution < -0.4 is 0 Å². The van der Waals surface area contributed by atoms with Crippen LogP contribution >= 0.6 is 0 Å². The lowest BCUT2D eigenvalue weighted by molar-refractivity contribution is -0.133. The molecular weight excluding hydrogens is 238 g/mol. The van der Waals surface area contributed by atoms with Crippen LogP contribution in [0.4, 0.5) is 0 Å². The lowest BCUT2D eigenvalue weighted by Crippen LogP contribution is -2.10. The number of carbonyl (C=O) groups excluding carboxylic acids is 1. The van der Waals surface area contributed by atoms with Crippen molar-refractivity contribution >= 4 is 17.4 Å². The second-order valence-electron chi connectivity index (χ2n) is 4.77. The van der Waals surface area contributed by atoms with E-state index in [2.05, 4.69) is 10.9 Å². The summed E-state index contributed by atoms with van der Waals surface area (Å²) < 4.78 is 4.81. The fourth-order valence-corrected chi connectivity index (χ4v) is 2.30. The molecule has 100 valence electrons. The van der Waals surface area contributed by atoms with E-state index < -0.39 is 0 Å². The molecule has 0 saturated heterocycles. The third kappa shape index (κ3) is 3.80. The molecule has 0 spiro atoms. The third-order valence-corrected chi connectivity index (χ3v) is 3.39. The largest absolute Gasteiger partial charge is 0.465 e. The van der Waals surface area contributed by atoms with Gasteiger partial charge in [0.1, 0.15) is 5.57 Å². The molecule has 0 aliphatic heterocycles. The summed E-state index contributed by atoms with van der Waals surface area (Å²) in [6, 6.07) is 9.74. The molecule has 0 radical (unpaired) electrons. The highest BCUT2D eigenvalue weighted by molar-refractivity contribution is 6.25. The number of carbonyl (C=O) groups is 1. The summed E-state index contributed by atoms with van der Waals surface area (Å²) in [7, 11) is 1.38. The molecule has 0 aromatic heterocycles. The molecule has 2 rings (SSSR count). The standard InChI is InChI=1S/C16H19NO2/c1-19-16(18)15(13-8-4-2-5-9-13)12-17-14-10-6-3-7-11-14/h2,4-5,8-9,14H,3,6-7,10-11H2,1H3. The number of aliphatic imine (C=N–C) groups is 1. The highest BCUT2D eigenvalue weighted by atomic mass is 16.5. The third-order valence-electron chi connectivity index (χ3n) is 3.39. The molecule has 0 amide bonds. The number of rotatable bonds is 3. The monoisotopic (exact) mass is 257 g/mol. The van der Waals surface area contributed by atoms with Crippen LogP contribution in [0, 0.1) is 0 Å². The van der Waals surface area contributed by atoms with E-state index in [0.29, 0.717) is 11.6 Å². The van der Waals surface area contributed by atoms with E-state index in [1.807, 2.05) is 30.3 Å². The predicted molar refractivity (Wildman–Crippen MR) is 76.2 cm³/mol. The maximum atomic E-state index is 11.8. The Bertz CT molecular complexity index is 481. The lowest BCUT2D eigenvalue weighted by atomic mass is 9.96. The molecule has 0 unspecified atom stereocenters. The van der Waals surface area contributed by atoms with E-state index >= 15 is 0 Å². The van der Waals surface area contributed by atoms with E-state index in [0.717, 1.165) is 18.4 Å². The fraction of sp³-hybridized carbons (Fsp3) is 0.438. The molecule has 1 aliphatic carbocycles. The number of nitrogens with zero attached hydrogens (tertiary/aromatic N) is 1. The normalized spacial score (nSPS) is 15.4. The summed E-state index contributed by atoms with van der Waals surface area (Å²) in [5, 5.41) is 0. The van der Waals surface area contributed by atoms with Crippen LogP contribution in [0.15, 0.2) is 35.3 Å². The van der Waals surface area contributed by atoms with Crippen LogP contribution in [0.3, 0.4) is 0 Å². The van der Waals surface area contributed by atoms with E-state index in [9.17, 15) is 4.79 Å². The summed E-state index contributed by atoms with van der Waals surface area (Å²) in [5.74, 6) is 2.54. The van der Waals surface area contributed by atoms with Gasteiger partial charge in [-0.25, -0.2) is 9.79 Å². The number of ether oxygens (including phenoxy) is 1. The second kappa shape index (κ2) is 6.91. The van der Waals surface area contributed by atoms with Gasteiger partial charge in [0, 0.05) is 0 Å². The van der Waals surface area contributed by atoms with Gasteiger partial charge in [-0.15, -0.1) is 0 Å². The van der Waals surface area contributed by atoms with Crippen molar-refractivity contribution in [2.24, 2.45) is 4.99 Å². The molecule has 3 heteroatoms. The molecular formula is C16H19NO2. The van der Waals surface area contributed by atoms with Crippen LogP contribution in [0.1, 0.15) is 37.7 Å². The molecule has 1 saturated carbocycles. The van der Waals surface area contributed by atoms with Gasteiger partial charge in [0.15, 0.2) is 0 Å². The minimum absolute atomic E-state index is 0.303. The van der Waals surface area contributed by atoms with Gasteiger partial charge in [-0.2, -0.15) is 0 Å². The van der Waals surface area contributed by atoms with Crippen molar-refractivity contribution in [2.45, 2.75) is 38.1 Å². The van der Waals surface area contributed by atoms with Crippen LogP contribution in [0.2, 0.25) is 0 Å². The molecule has 0 bridgehead atoms. The van der Waals surface area contributed by atoms with Gasteiger partial charge in [-0.05, 0) is 24.3 Å². The van der Waals surface area contributed by atoms with Crippen molar-refractivity contribution < 1.29 is 9.53 Å². The number of benzene rings is 1. The second-order valence-corrected chi connectivity index (χ2v) is 4.77. The van der Waals surface area contributed by atoms with Crippen molar-refractivity contribution in [1.29, 1.82) is 0 Å². The molecule has 1 aromatic carbocycles. The van der Waals surface area contributed by atoms with Gasteiger partial charge in [0.2, 0.25) is 0 Å². The molecule has 19 heavy (non-hydrogen) atoms. The summed E-state index contributed by atoms with van der Waals surface area (Å²) >= 11 is 0. The van der Waals surface area contributed by atoms with Gasteiger partial charge in [0.25, 0.3) is 0 Å². The zero-order chi connectivity index (χ0) is 13.5.